The number of hydrogen-bond acceptors (Lipinski definition) is 3. The van der Waals surface area contributed by atoms with Gasteiger partial charge in [-0.1, -0.05) is 0 Å². The summed E-state index contributed by atoms with van der Waals surface area (Å²) in [4.78, 5) is 0. The molecule has 0 saturated heterocycles. The second kappa shape index (κ2) is 3.82. The van der Waals surface area contributed by atoms with Crippen molar-refractivity contribution in [1.82, 2.24) is 0 Å². The van der Waals surface area contributed by atoms with E-state index in [2.05, 4.69) is 6.07 Å². The van der Waals surface area contributed by atoms with Crippen molar-refractivity contribution in [1.29, 1.82) is 5.26 Å². The van der Waals surface area contributed by atoms with Crippen LogP contribution in [0.15, 0.2) is 6.07 Å². The Bertz CT molecular complexity index is 432. The normalized spacial score (nSPS) is 13.1. The van der Waals surface area contributed by atoms with E-state index in [1.165, 1.54) is 5.56 Å². The van der Waals surface area contributed by atoms with Crippen LogP contribution in [-0.2, 0) is 12.8 Å². The number of nitriles is 1. The zero-order valence-corrected chi connectivity index (χ0v) is 8.96. The summed E-state index contributed by atoms with van der Waals surface area (Å²) in [5, 5.41) is 9.02. The van der Waals surface area contributed by atoms with Crippen LogP contribution in [0.4, 0.5) is 0 Å². The summed E-state index contributed by atoms with van der Waals surface area (Å²) in [6.07, 6.45) is 3.10. The Balaban J connectivity index is 2.67. The number of benzene rings is 1. The van der Waals surface area contributed by atoms with E-state index < -0.39 is 0 Å². The van der Waals surface area contributed by atoms with Gasteiger partial charge in [0.2, 0.25) is 0 Å². The van der Waals surface area contributed by atoms with Crippen molar-refractivity contribution < 1.29 is 9.47 Å². The fourth-order valence-electron chi connectivity index (χ4n) is 2.21. The first-order chi connectivity index (χ1) is 7.31. The summed E-state index contributed by atoms with van der Waals surface area (Å²) in [6, 6.07) is 3.91. The van der Waals surface area contributed by atoms with Crippen LogP contribution in [0.1, 0.15) is 23.1 Å². The fraction of sp³-hybridized carbons (Fsp3) is 0.417. The first-order valence-electron chi connectivity index (χ1n) is 4.98. The summed E-state index contributed by atoms with van der Waals surface area (Å²) in [5.74, 6) is 1.55. The fourth-order valence-corrected chi connectivity index (χ4v) is 2.21. The Morgan fingerprint density at radius 3 is 2.53 bits per heavy atom. The molecule has 0 N–H and O–H groups in total. The third-order valence-corrected chi connectivity index (χ3v) is 2.85. The van der Waals surface area contributed by atoms with Gasteiger partial charge in [0.1, 0.15) is 17.6 Å². The molecule has 1 aromatic rings. The minimum absolute atomic E-state index is 0.565. The summed E-state index contributed by atoms with van der Waals surface area (Å²) in [5.41, 5.74) is 2.91. The van der Waals surface area contributed by atoms with E-state index in [1.807, 2.05) is 0 Å². The maximum atomic E-state index is 9.02. The molecule has 0 spiro atoms. The Morgan fingerprint density at radius 1 is 1.20 bits per heavy atom. The molecule has 0 fully saturated rings. The van der Waals surface area contributed by atoms with Crippen LogP contribution < -0.4 is 9.47 Å². The number of rotatable bonds is 2. The highest BCUT2D eigenvalue weighted by atomic mass is 16.5. The molecule has 0 radical (unpaired) electrons. The van der Waals surface area contributed by atoms with Gasteiger partial charge >= 0.3 is 0 Å². The monoisotopic (exact) mass is 203 g/mol. The lowest BCUT2D eigenvalue weighted by Gasteiger charge is -2.12. The topological polar surface area (TPSA) is 42.2 Å². The van der Waals surface area contributed by atoms with Gasteiger partial charge in [0.25, 0.3) is 0 Å². The van der Waals surface area contributed by atoms with Crippen LogP contribution >= 0.6 is 0 Å². The summed E-state index contributed by atoms with van der Waals surface area (Å²) >= 11 is 0. The molecule has 0 aromatic heterocycles. The third kappa shape index (κ3) is 1.42. The molecule has 0 atom stereocenters. The smallest absolute Gasteiger partial charge is 0.140 e. The number of nitrogens with zero attached hydrogens (tertiary/aromatic N) is 1. The number of methoxy groups -OCH3 is 2. The van der Waals surface area contributed by atoms with Crippen molar-refractivity contribution in [2.75, 3.05) is 14.2 Å². The van der Waals surface area contributed by atoms with E-state index in [-0.39, 0.29) is 0 Å². The van der Waals surface area contributed by atoms with Crippen LogP contribution in [0.2, 0.25) is 0 Å². The molecule has 1 aromatic carbocycles. The standard InChI is InChI=1S/C12H13NO2/c1-14-11-6-8(7-13)12(15-2)10-5-3-4-9(10)11/h6H,3-5H2,1-2H3. The lowest BCUT2D eigenvalue weighted by atomic mass is 10.0. The van der Waals surface area contributed by atoms with E-state index in [0.29, 0.717) is 5.56 Å². The van der Waals surface area contributed by atoms with Crippen molar-refractivity contribution in [3.05, 3.63) is 22.8 Å². The largest absolute Gasteiger partial charge is 0.496 e. The van der Waals surface area contributed by atoms with Crippen LogP contribution in [0.3, 0.4) is 0 Å². The molecule has 0 heterocycles. The van der Waals surface area contributed by atoms with Crippen molar-refractivity contribution in [2.24, 2.45) is 0 Å². The molecule has 3 heteroatoms. The van der Waals surface area contributed by atoms with E-state index >= 15 is 0 Å². The SMILES string of the molecule is COc1cc(C#N)c(OC)c2c1CCC2. The minimum atomic E-state index is 0.565. The van der Waals surface area contributed by atoms with Gasteiger partial charge in [-0.2, -0.15) is 5.26 Å². The average Bonchev–Trinajstić information content (AvgIpc) is 2.75. The molecular weight excluding hydrogens is 190 g/mol. The summed E-state index contributed by atoms with van der Waals surface area (Å²) in [6.45, 7) is 0. The minimum Gasteiger partial charge on any atom is -0.496 e. The first kappa shape index (κ1) is 9.85. The van der Waals surface area contributed by atoms with Crippen molar-refractivity contribution >= 4 is 0 Å². The van der Waals surface area contributed by atoms with Crippen LogP contribution in [0.25, 0.3) is 0 Å². The lowest BCUT2D eigenvalue weighted by molar-refractivity contribution is 0.397. The first-order valence-corrected chi connectivity index (χ1v) is 4.98. The average molecular weight is 203 g/mol. The van der Waals surface area contributed by atoms with Gasteiger partial charge in [-0.15, -0.1) is 0 Å². The van der Waals surface area contributed by atoms with Gasteiger partial charge in [-0.3, -0.25) is 0 Å². The molecule has 0 bridgehead atoms. The van der Waals surface area contributed by atoms with Gasteiger partial charge in [0, 0.05) is 17.2 Å². The lowest BCUT2D eigenvalue weighted by Crippen LogP contribution is -1.98. The molecule has 1 aliphatic rings. The van der Waals surface area contributed by atoms with Crippen LogP contribution in [0.5, 0.6) is 11.5 Å². The predicted molar refractivity (Wildman–Crippen MR) is 56.3 cm³/mol. The van der Waals surface area contributed by atoms with Gasteiger partial charge in [0.15, 0.2) is 0 Å². The zero-order valence-electron chi connectivity index (χ0n) is 8.96. The number of fused-ring (bicyclic) bond motifs is 1. The maximum absolute atomic E-state index is 9.02. The highest BCUT2D eigenvalue weighted by molar-refractivity contribution is 5.59. The van der Waals surface area contributed by atoms with E-state index in [9.17, 15) is 0 Å². The number of hydrogen-bond donors (Lipinski definition) is 0. The Kier molecular flexibility index (Phi) is 2.51. The Morgan fingerprint density at radius 2 is 1.93 bits per heavy atom. The van der Waals surface area contributed by atoms with Crippen LogP contribution in [-0.4, -0.2) is 14.2 Å². The molecule has 0 saturated carbocycles. The van der Waals surface area contributed by atoms with Crippen LogP contribution in [0, 0.1) is 11.3 Å². The second-order valence-corrected chi connectivity index (χ2v) is 3.58. The van der Waals surface area contributed by atoms with E-state index in [0.717, 1.165) is 36.3 Å². The Labute approximate surface area is 89.2 Å². The maximum Gasteiger partial charge on any atom is 0.140 e. The van der Waals surface area contributed by atoms with Gasteiger partial charge in [-0.25, -0.2) is 0 Å². The molecule has 3 nitrogen and oxygen atoms in total. The summed E-state index contributed by atoms with van der Waals surface area (Å²) in [7, 11) is 3.25. The zero-order chi connectivity index (χ0) is 10.8. The van der Waals surface area contributed by atoms with Crippen molar-refractivity contribution in [3.8, 4) is 17.6 Å². The molecule has 1 aliphatic carbocycles. The molecule has 0 unspecified atom stereocenters. The highest BCUT2D eigenvalue weighted by Crippen LogP contribution is 2.39. The Hall–Kier alpha value is -1.69. The van der Waals surface area contributed by atoms with E-state index in [1.54, 1.807) is 20.3 Å². The van der Waals surface area contributed by atoms with Crippen molar-refractivity contribution in [3.63, 3.8) is 0 Å². The van der Waals surface area contributed by atoms with Gasteiger partial charge in [0.05, 0.1) is 19.8 Å². The highest BCUT2D eigenvalue weighted by Gasteiger charge is 2.23. The quantitative estimate of drug-likeness (QED) is 0.738. The molecular formula is C12H13NO2. The summed E-state index contributed by atoms with van der Waals surface area (Å²) < 4.78 is 10.6. The third-order valence-electron chi connectivity index (χ3n) is 2.85. The molecule has 0 amide bonds. The van der Waals surface area contributed by atoms with Gasteiger partial charge < -0.3 is 9.47 Å². The van der Waals surface area contributed by atoms with Crippen molar-refractivity contribution in [2.45, 2.75) is 19.3 Å². The molecule has 0 aliphatic heterocycles. The van der Waals surface area contributed by atoms with E-state index in [4.69, 9.17) is 14.7 Å². The molecule has 2 rings (SSSR count). The number of ether oxygens (including phenoxy) is 2. The molecule has 78 valence electrons. The predicted octanol–water partition coefficient (Wildman–Crippen LogP) is 2.06. The molecule has 15 heavy (non-hydrogen) atoms. The van der Waals surface area contributed by atoms with Gasteiger partial charge in [-0.05, 0) is 19.3 Å². The second-order valence-electron chi connectivity index (χ2n) is 3.58.